The molecule has 78 valence electrons. The molecular weight excluding hydrogens is 190 g/mol. The van der Waals surface area contributed by atoms with Gasteiger partial charge in [0.25, 0.3) is 5.72 Å². The molecule has 0 aliphatic heterocycles. The van der Waals surface area contributed by atoms with Crippen LogP contribution in [-0.4, -0.2) is 42.2 Å². The van der Waals surface area contributed by atoms with Crippen LogP contribution in [0.4, 0.5) is 0 Å². The second-order valence-electron chi connectivity index (χ2n) is 4.14. The minimum Gasteiger partial charge on any atom is -1.00 e. The fourth-order valence-electron chi connectivity index (χ4n) is 0.709. The zero-order valence-electron chi connectivity index (χ0n) is 8.89. The standard InChI is InChI=1S/C9H18NO2.ClH/c1-7(2)8(11)9(3,12)10(4,5)6;/h12H,1H2,2-6H3;1H/q+1;/p-1. The van der Waals surface area contributed by atoms with Gasteiger partial charge in [-0.25, -0.2) is 0 Å². The van der Waals surface area contributed by atoms with Crippen LogP contribution in [0.25, 0.3) is 0 Å². The quantitative estimate of drug-likeness (QED) is 0.317. The highest BCUT2D eigenvalue weighted by molar-refractivity contribution is 5.99. The molecular formula is C9H18ClNO2. The van der Waals surface area contributed by atoms with E-state index in [0.29, 0.717) is 5.57 Å². The molecule has 0 aromatic carbocycles. The second kappa shape index (κ2) is 4.22. The number of aliphatic hydroxyl groups is 1. The van der Waals surface area contributed by atoms with Gasteiger partial charge in [0.05, 0.1) is 21.1 Å². The van der Waals surface area contributed by atoms with Crippen molar-refractivity contribution in [3.63, 3.8) is 0 Å². The molecule has 13 heavy (non-hydrogen) atoms. The number of nitrogens with zero attached hydrogens (tertiary/aromatic N) is 1. The molecule has 0 aliphatic rings. The van der Waals surface area contributed by atoms with Gasteiger partial charge in [0.15, 0.2) is 0 Å². The predicted octanol–water partition coefficient (Wildman–Crippen LogP) is -2.45. The number of quaternary nitrogens is 1. The zero-order chi connectivity index (χ0) is 10.2. The van der Waals surface area contributed by atoms with E-state index in [1.807, 2.05) is 0 Å². The molecule has 0 spiro atoms. The van der Waals surface area contributed by atoms with Crippen LogP contribution in [0.15, 0.2) is 12.2 Å². The number of hydrogen-bond acceptors (Lipinski definition) is 2. The van der Waals surface area contributed by atoms with Crippen molar-refractivity contribution in [2.24, 2.45) is 0 Å². The molecule has 1 unspecified atom stereocenters. The van der Waals surface area contributed by atoms with Gasteiger partial charge in [0.1, 0.15) is 0 Å². The summed E-state index contributed by atoms with van der Waals surface area (Å²) >= 11 is 0. The Labute approximate surface area is 86.0 Å². The topological polar surface area (TPSA) is 37.3 Å². The Hall–Kier alpha value is -0.380. The van der Waals surface area contributed by atoms with Gasteiger partial charge in [-0.05, 0) is 12.5 Å². The number of carbonyl (C=O) groups excluding carboxylic acids is 1. The Morgan fingerprint density at radius 2 is 1.69 bits per heavy atom. The summed E-state index contributed by atoms with van der Waals surface area (Å²) in [5.41, 5.74) is -1.00. The lowest BCUT2D eigenvalue weighted by atomic mass is 10.0. The van der Waals surface area contributed by atoms with E-state index in [1.165, 1.54) is 6.92 Å². The third kappa shape index (κ3) is 3.10. The highest BCUT2D eigenvalue weighted by Gasteiger charge is 2.43. The van der Waals surface area contributed by atoms with Crippen molar-refractivity contribution < 1.29 is 26.8 Å². The van der Waals surface area contributed by atoms with Crippen molar-refractivity contribution in [3.05, 3.63) is 12.2 Å². The Kier molecular flexibility index (Phi) is 4.91. The molecule has 0 aromatic rings. The van der Waals surface area contributed by atoms with Crippen molar-refractivity contribution in [3.8, 4) is 0 Å². The van der Waals surface area contributed by atoms with Crippen molar-refractivity contribution in [1.29, 1.82) is 0 Å². The van der Waals surface area contributed by atoms with Gasteiger partial charge in [-0.2, -0.15) is 0 Å². The van der Waals surface area contributed by atoms with Crippen LogP contribution in [0.1, 0.15) is 13.8 Å². The molecule has 0 radical (unpaired) electrons. The molecule has 1 N–H and O–H groups in total. The first-order valence-electron chi connectivity index (χ1n) is 3.85. The third-order valence-corrected chi connectivity index (χ3v) is 2.12. The molecule has 0 rings (SSSR count). The molecule has 1 atom stereocenters. The molecule has 0 aliphatic carbocycles. The van der Waals surface area contributed by atoms with Gasteiger partial charge in [-0.1, -0.05) is 6.58 Å². The van der Waals surface area contributed by atoms with E-state index < -0.39 is 5.72 Å². The van der Waals surface area contributed by atoms with Crippen LogP contribution in [0.5, 0.6) is 0 Å². The van der Waals surface area contributed by atoms with E-state index in [2.05, 4.69) is 6.58 Å². The summed E-state index contributed by atoms with van der Waals surface area (Å²) < 4.78 is 0.179. The zero-order valence-corrected chi connectivity index (χ0v) is 9.64. The predicted molar refractivity (Wildman–Crippen MR) is 48.5 cm³/mol. The second-order valence-corrected chi connectivity index (χ2v) is 4.14. The normalized spacial score (nSPS) is 15.5. The van der Waals surface area contributed by atoms with Crippen molar-refractivity contribution in [2.75, 3.05) is 21.1 Å². The maximum absolute atomic E-state index is 11.4. The third-order valence-electron chi connectivity index (χ3n) is 2.12. The lowest BCUT2D eigenvalue weighted by molar-refractivity contribution is -0.935. The number of halogens is 1. The van der Waals surface area contributed by atoms with Crippen LogP contribution in [0.3, 0.4) is 0 Å². The van der Waals surface area contributed by atoms with Gasteiger partial charge in [0, 0.05) is 6.92 Å². The fourth-order valence-corrected chi connectivity index (χ4v) is 0.709. The lowest BCUT2D eigenvalue weighted by Crippen LogP contribution is -3.00. The summed E-state index contributed by atoms with van der Waals surface area (Å²) in [6.07, 6.45) is 0. The molecule has 4 heteroatoms. The number of rotatable bonds is 3. The maximum Gasteiger partial charge on any atom is 0.262 e. The van der Waals surface area contributed by atoms with Gasteiger partial charge in [0.2, 0.25) is 5.78 Å². The summed E-state index contributed by atoms with van der Waals surface area (Å²) in [5, 5.41) is 9.85. The fraction of sp³-hybridized carbons (Fsp3) is 0.667. The number of ketones is 1. The van der Waals surface area contributed by atoms with Crippen LogP contribution in [0, 0.1) is 0 Å². The van der Waals surface area contributed by atoms with Gasteiger partial charge in [-0.3, -0.25) is 9.28 Å². The van der Waals surface area contributed by atoms with E-state index in [0.717, 1.165) is 0 Å². The minimum atomic E-state index is -1.38. The molecule has 0 amide bonds. The Bertz CT molecular complexity index is 216. The average molecular weight is 208 g/mol. The average Bonchev–Trinajstić information content (AvgIpc) is 1.83. The Morgan fingerprint density at radius 1 is 1.38 bits per heavy atom. The number of carbonyl (C=O) groups is 1. The molecule has 0 aromatic heterocycles. The SMILES string of the molecule is C=C(C)C(=O)C(C)(O)[N+](C)(C)C.[Cl-]. The van der Waals surface area contributed by atoms with Crippen molar-refractivity contribution in [2.45, 2.75) is 19.6 Å². The first-order chi connectivity index (χ1) is 5.10. The lowest BCUT2D eigenvalue weighted by Gasteiger charge is -2.37. The monoisotopic (exact) mass is 207 g/mol. The largest absolute Gasteiger partial charge is 1.00 e. The molecule has 0 saturated carbocycles. The van der Waals surface area contributed by atoms with E-state index in [9.17, 15) is 9.90 Å². The van der Waals surface area contributed by atoms with Gasteiger partial charge < -0.3 is 17.5 Å². The van der Waals surface area contributed by atoms with E-state index in [4.69, 9.17) is 0 Å². The summed E-state index contributed by atoms with van der Waals surface area (Å²) in [4.78, 5) is 11.4. The maximum atomic E-state index is 11.4. The van der Waals surface area contributed by atoms with Crippen molar-refractivity contribution in [1.82, 2.24) is 0 Å². The summed E-state index contributed by atoms with van der Waals surface area (Å²) in [7, 11) is 5.29. The van der Waals surface area contributed by atoms with Crippen LogP contribution in [0.2, 0.25) is 0 Å². The molecule has 0 saturated heterocycles. The minimum absolute atomic E-state index is 0. The summed E-state index contributed by atoms with van der Waals surface area (Å²) in [6.45, 7) is 6.62. The molecule has 0 fully saturated rings. The summed E-state index contributed by atoms with van der Waals surface area (Å²) in [5.74, 6) is -0.310. The Morgan fingerprint density at radius 3 is 1.77 bits per heavy atom. The summed E-state index contributed by atoms with van der Waals surface area (Å²) in [6, 6.07) is 0. The van der Waals surface area contributed by atoms with E-state index >= 15 is 0 Å². The highest BCUT2D eigenvalue weighted by atomic mass is 35.5. The number of Topliss-reactive ketones (excluding diaryl/α,β-unsaturated/α-hetero) is 1. The molecule has 3 nitrogen and oxygen atoms in total. The number of hydrogen-bond donors (Lipinski definition) is 1. The van der Waals surface area contributed by atoms with Crippen molar-refractivity contribution >= 4 is 5.78 Å². The van der Waals surface area contributed by atoms with E-state index in [-0.39, 0.29) is 22.7 Å². The molecule has 0 bridgehead atoms. The van der Waals surface area contributed by atoms with Gasteiger partial charge >= 0.3 is 0 Å². The molecule has 0 heterocycles. The Balaban J connectivity index is 0. The smallest absolute Gasteiger partial charge is 0.262 e. The van der Waals surface area contributed by atoms with E-state index in [1.54, 1.807) is 28.1 Å². The first kappa shape index (κ1) is 15.1. The van der Waals surface area contributed by atoms with Crippen LogP contribution >= 0.6 is 0 Å². The van der Waals surface area contributed by atoms with Crippen LogP contribution in [-0.2, 0) is 4.79 Å². The van der Waals surface area contributed by atoms with Crippen LogP contribution < -0.4 is 12.4 Å². The number of likely N-dealkylation sites (N-methyl/N-ethyl adjacent to an activating group) is 1. The first-order valence-corrected chi connectivity index (χ1v) is 3.85. The van der Waals surface area contributed by atoms with Gasteiger partial charge in [-0.15, -0.1) is 0 Å². The highest BCUT2D eigenvalue weighted by Crippen LogP contribution is 2.18.